The Kier molecular flexibility index (Phi) is 28.4. The third kappa shape index (κ3) is 22.3. The molecule has 1 saturated heterocycles. The fourth-order valence-electron chi connectivity index (χ4n) is 7.07. The van der Waals surface area contributed by atoms with E-state index in [9.17, 15) is 63.3 Å². The van der Waals surface area contributed by atoms with Crippen LogP contribution < -0.4 is 59.7 Å². The highest BCUT2D eigenvalue weighted by molar-refractivity contribution is 7.98. The molecule has 0 aromatic carbocycles. The van der Waals surface area contributed by atoms with Gasteiger partial charge < -0.3 is 80.0 Å². The topological polar surface area (TPSA) is 433 Å². The number of aliphatic hydroxyl groups is 2. The summed E-state index contributed by atoms with van der Waals surface area (Å²) in [5.74, 6) is -8.77. The minimum Gasteiger partial charge on any atom is -0.480 e. The minimum absolute atomic E-state index is 0.0137. The van der Waals surface area contributed by atoms with Crippen molar-refractivity contribution in [1.29, 1.82) is 5.41 Å². The molecule has 0 saturated carbocycles. The molecule has 0 unspecified atom stereocenters. The number of thioether (sulfide) groups is 1. The quantitative estimate of drug-likeness (QED) is 0.0166. The van der Waals surface area contributed by atoms with E-state index in [-0.39, 0.29) is 82.9 Å². The van der Waals surface area contributed by atoms with Crippen LogP contribution in [0.2, 0.25) is 0 Å². The number of likely N-dealkylation sites (tertiary alicyclic amines) is 1. The molecule has 1 fully saturated rings. The van der Waals surface area contributed by atoms with Crippen LogP contribution in [-0.4, -0.2) is 179 Å². The fraction of sp³-hybridized carbons (Fsp3) is 0.732. The Bertz CT molecular complexity index is 1740. The van der Waals surface area contributed by atoms with Crippen LogP contribution in [0.25, 0.3) is 0 Å². The SMILES string of the molecule is CSCC[C@H](NC(=O)[C@H](CO)NC(=O)[C@@H]1CCCN1C(=O)[C@H](CCCNC(=N)N)NC(=O)[C@H](CCC(N)=O)NC(C)=O)C(=O)N[C@@H](CCCCN)C(=O)N[C@@H](CO)C(=O)N[C@@H](CC(C)C)C(=O)O. The molecular formula is C41H73N13O13S. The number of nitrogens with one attached hydrogen (secondary N) is 9. The van der Waals surface area contributed by atoms with Gasteiger partial charge in [-0.3, -0.25) is 48.6 Å². The molecule has 8 atom stereocenters. The van der Waals surface area contributed by atoms with Gasteiger partial charge in [0, 0.05) is 26.4 Å². The first kappa shape index (κ1) is 60.2. The molecular weight excluding hydrogens is 915 g/mol. The number of unbranched alkanes of at least 4 members (excludes halogenated alkanes) is 1. The van der Waals surface area contributed by atoms with Crippen LogP contribution in [0.1, 0.15) is 91.4 Å². The lowest BCUT2D eigenvalue weighted by molar-refractivity contribution is -0.143. The molecule has 0 aliphatic carbocycles. The highest BCUT2D eigenvalue weighted by atomic mass is 32.2. The number of primary amides is 1. The second kappa shape index (κ2) is 32.0. The summed E-state index contributed by atoms with van der Waals surface area (Å²) < 4.78 is 0. The number of carbonyl (C=O) groups is 10. The fourth-order valence-corrected chi connectivity index (χ4v) is 7.54. The van der Waals surface area contributed by atoms with Crippen molar-refractivity contribution in [2.24, 2.45) is 23.1 Å². The first-order valence-corrected chi connectivity index (χ1v) is 23.9. The van der Waals surface area contributed by atoms with Crippen LogP contribution >= 0.6 is 11.8 Å². The number of nitrogens with two attached hydrogens (primary N) is 3. The third-order valence-electron chi connectivity index (χ3n) is 10.6. The van der Waals surface area contributed by atoms with Crippen molar-refractivity contribution in [3.05, 3.63) is 0 Å². The maximum absolute atomic E-state index is 14.1. The largest absolute Gasteiger partial charge is 0.480 e. The van der Waals surface area contributed by atoms with Gasteiger partial charge in [0.2, 0.25) is 53.2 Å². The molecule has 0 aromatic rings. The monoisotopic (exact) mass is 988 g/mol. The zero-order valence-corrected chi connectivity index (χ0v) is 40.0. The van der Waals surface area contributed by atoms with E-state index in [1.807, 2.05) is 0 Å². The molecule has 1 rings (SSSR count). The van der Waals surface area contributed by atoms with Crippen molar-refractivity contribution in [1.82, 2.24) is 47.4 Å². The van der Waals surface area contributed by atoms with Crippen molar-refractivity contribution in [2.75, 3.05) is 44.9 Å². The molecule has 0 aromatic heterocycles. The number of nitrogens with zero attached hydrogens (tertiary/aromatic N) is 1. The van der Waals surface area contributed by atoms with Gasteiger partial charge in [0.05, 0.1) is 13.2 Å². The number of carboxylic acid groups (broad SMARTS) is 1. The van der Waals surface area contributed by atoms with Crippen molar-refractivity contribution in [3.8, 4) is 0 Å². The number of carboxylic acids is 1. The maximum atomic E-state index is 14.1. The van der Waals surface area contributed by atoms with E-state index in [2.05, 4.69) is 42.5 Å². The van der Waals surface area contributed by atoms with Crippen LogP contribution in [0.3, 0.4) is 0 Å². The number of aliphatic carboxylic acids is 1. The molecule has 1 heterocycles. The summed E-state index contributed by atoms with van der Waals surface area (Å²) >= 11 is 1.33. The second-order valence-electron chi connectivity index (χ2n) is 16.7. The highest BCUT2D eigenvalue weighted by Gasteiger charge is 2.40. The lowest BCUT2D eigenvalue weighted by Gasteiger charge is -2.31. The van der Waals surface area contributed by atoms with Gasteiger partial charge in [0.1, 0.15) is 48.3 Å². The van der Waals surface area contributed by atoms with Crippen LogP contribution in [0.5, 0.6) is 0 Å². The second-order valence-corrected chi connectivity index (χ2v) is 17.7. The zero-order valence-electron chi connectivity index (χ0n) is 39.2. The molecule has 0 radical (unpaired) electrons. The summed E-state index contributed by atoms with van der Waals surface area (Å²) in [6.45, 7) is 3.26. The van der Waals surface area contributed by atoms with E-state index in [4.69, 9.17) is 22.6 Å². The Labute approximate surface area is 399 Å². The molecule has 386 valence electrons. The van der Waals surface area contributed by atoms with Crippen LogP contribution in [-0.2, 0) is 47.9 Å². The summed E-state index contributed by atoms with van der Waals surface area (Å²) in [4.78, 5) is 132. The van der Waals surface area contributed by atoms with Gasteiger partial charge in [-0.1, -0.05) is 13.8 Å². The van der Waals surface area contributed by atoms with E-state index in [1.165, 1.54) is 16.7 Å². The smallest absolute Gasteiger partial charge is 0.326 e. The Balaban J connectivity index is 3.28. The predicted octanol–water partition coefficient (Wildman–Crippen LogP) is -5.08. The molecule has 9 amide bonds. The number of aliphatic hydroxyl groups excluding tert-OH is 2. The molecule has 0 bridgehead atoms. The van der Waals surface area contributed by atoms with E-state index >= 15 is 0 Å². The zero-order chi connectivity index (χ0) is 51.5. The van der Waals surface area contributed by atoms with Gasteiger partial charge in [-0.2, -0.15) is 11.8 Å². The molecule has 68 heavy (non-hydrogen) atoms. The van der Waals surface area contributed by atoms with Gasteiger partial charge in [-0.15, -0.1) is 0 Å². The third-order valence-corrected chi connectivity index (χ3v) is 11.2. The molecule has 18 N–H and O–H groups in total. The van der Waals surface area contributed by atoms with Gasteiger partial charge in [0.25, 0.3) is 0 Å². The average molecular weight is 988 g/mol. The molecule has 1 aliphatic heterocycles. The standard InChI is InChI=1S/C41H73N13O13S/c1-22(2)19-28(40(66)67)51-37(63)29(20-55)52-33(59)24(9-5-6-15-42)48-35(61)26(14-18-68-4)49-36(62)30(21-56)53-38(64)31-11-8-17-54(31)39(65)27(10-7-16-46-41(44)45)50-34(60)25(47-23(3)57)12-13-32(43)58/h22,24-31,55-56H,5-21,42H2,1-4H3,(H2,43,58)(H,47,57)(H,48,61)(H,49,62)(H,50,60)(H,51,63)(H,52,59)(H,53,64)(H,66,67)(H4,44,45,46)/t24-,25-,26-,27-,28-,29-,30-,31-/m0/s1. The van der Waals surface area contributed by atoms with Crippen LogP contribution in [0.4, 0.5) is 0 Å². The number of hydrogen-bond acceptors (Lipinski definition) is 15. The first-order valence-electron chi connectivity index (χ1n) is 22.5. The lowest BCUT2D eigenvalue weighted by Crippen LogP contribution is -2.61. The Morgan fingerprint density at radius 2 is 1.19 bits per heavy atom. The van der Waals surface area contributed by atoms with E-state index in [0.29, 0.717) is 25.0 Å². The molecule has 1 aliphatic rings. The predicted molar refractivity (Wildman–Crippen MR) is 249 cm³/mol. The van der Waals surface area contributed by atoms with Gasteiger partial charge >= 0.3 is 5.97 Å². The number of amides is 9. The molecule has 27 heteroatoms. The van der Waals surface area contributed by atoms with Gasteiger partial charge in [-0.25, -0.2) is 4.79 Å². The summed E-state index contributed by atoms with van der Waals surface area (Å²) in [6.07, 6.45) is 2.85. The summed E-state index contributed by atoms with van der Waals surface area (Å²) in [7, 11) is 0. The van der Waals surface area contributed by atoms with E-state index < -0.39 is 121 Å². The summed E-state index contributed by atoms with van der Waals surface area (Å²) in [6, 6.07) is -10.9. The average Bonchev–Trinajstić information content (AvgIpc) is 3.77. The lowest BCUT2D eigenvalue weighted by atomic mass is 10.0. The maximum Gasteiger partial charge on any atom is 0.326 e. The van der Waals surface area contributed by atoms with Gasteiger partial charge in [-0.05, 0) is 88.7 Å². The number of hydrogen-bond donors (Lipinski definition) is 15. The normalized spacial score (nSPS) is 16.4. The first-order chi connectivity index (χ1) is 32.1. The van der Waals surface area contributed by atoms with Crippen molar-refractivity contribution in [2.45, 2.75) is 140 Å². The van der Waals surface area contributed by atoms with Crippen LogP contribution in [0.15, 0.2) is 0 Å². The Morgan fingerprint density at radius 1 is 0.691 bits per heavy atom. The van der Waals surface area contributed by atoms with Crippen LogP contribution in [0, 0.1) is 11.3 Å². The molecule has 26 nitrogen and oxygen atoms in total. The van der Waals surface area contributed by atoms with Gasteiger partial charge in [0.15, 0.2) is 5.96 Å². The van der Waals surface area contributed by atoms with Crippen molar-refractivity contribution in [3.63, 3.8) is 0 Å². The number of rotatable bonds is 33. The Hall–Kier alpha value is -5.80. The molecule has 0 spiro atoms. The Morgan fingerprint density at radius 3 is 1.69 bits per heavy atom. The van der Waals surface area contributed by atoms with Crippen molar-refractivity contribution >= 4 is 76.9 Å². The summed E-state index contributed by atoms with van der Waals surface area (Å²) in [5.41, 5.74) is 16.3. The summed E-state index contributed by atoms with van der Waals surface area (Å²) in [5, 5.41) is 57.0. The minimum atomic E-state index is -1.64. The van der Waals surface area contributed by atoms with E-state index in [1.54, 1.807) is 20.1 Å². The van der Waals surface area contributed by atoms with Crippen molar-refractivity contribution < 1.29 is 63.3 Å². The number of carbonyl (C=O) groups excluding carboxylic acids is 9. The number of guanidine groups is 1. The van der Waals surface area contributed by atoms with E-state index in [0.717, 1.165) is 6.92 Å². The highest BCUT2D eigenvalue weighted by Crippen LogP contribution is 2.20.